The molecule has 1 aromatic heterocycles. The highest BCUT2D eigenvalue weighted by Gasteiger charge is 2.33. The lowest BCUT2D eigenvalue weighted by molar-refractivity contribution is 0.485. The van der Waals surface area contributed by atoms with Crippen molar-refractivity contribution in [3.05, 3.63) is 20.8 Å². The third-order valence-corrected chi connectivity index (χ3v) is 6.49. The molecule has 1 aromatic rings. The van der Waals surface area contributed by atoms with E-state index in [9.17, 15) is 8.42 Å². The van der Waals surface area contributed by atoms with Crippen molar-refractivity contribution in [3.63, 3.8) is 0 Å². The second-order valence-electron chi connectivity index (χ2n) is 3.82. The number of hydrogen-bond acceptors (Lipinski definition) is 4. The van der Waals surface area contributed by atoms with Crippen LogP contribution in [0.15, 0.2) is 15.9 Å². The van der Waals surface area contributed by atoms with E-state index in [1.165, 1.54) is 0 Å². The monoisotopic (exact) mass is 309 g/mol. The van der Waals surface area contributed by atoms with Gasteiger partial charge in [-0.05, 0) is 39.7 Å². The SMILES string of the molecule is NC(c1sccc1Br)C1CCS(=O)(=O)C1. The van der Waals surface area contributed by atoms with Crippen molar-refractivity contribution in [2.75, 3.05) is 11.5 Å². The number of rotatable bonds is 2. The Morgan fingerprint density at radius 3 is 2.80 bits per heavy atom. The minimum absolute atomic E-state index is 0.0740. The topological polar surface area (TPSA) is 60.2 Å². The summed E-state index contributed by atoms with van der Waals surface area (Å²) in [4.78, 5) is 1.05. The fourth-order valence-electron chi connectivity index (χ4n) is 1.86. The summed E-state index contributed by atoms with van der Waals surface area (Å²) in [6.07, 6.45) is 0.688. The van der Waals surface area contributed by atoms with Crippen LogP contribution < -0.4 is 5.73 Å². The summed E-state index contributed by atoms with van der Waals surface area (Å²) in [7, 11) is -2.84. The second-order valence-corrected chi connectivity index (χ2v) is 7.85. The Balaban J connectivity index is 2.17. The number of hydrogen-bond donors (Lipinski definition) is 1. The van der Waals surface area contributed by atoms with Crippen LogP contribution in [0.1, 0.15) is 17.3 Å². The lowest BCUT2D eigenvalue weighted by atomic mass is 9.99. The Morgan fingerprint density at radius 1 is 1.60 bits per heavy atom. The van der Waals surface area contributed by atoms with Crippen LogP contribution in [0.2, 0.25) is 0 Å². The average Bonchev–Trinajstić information content (AvgIpc) is 2.71. The molecule has 2 N–H and O–H groups in total. The summed E-state index contributed by atoms with van der Waals surface area (Å²) in [5, 5.41) is 1.96. The maximum atomic E-state index is 11.3. The molecule has 0 aliphatic carbocycles. The standard InChI is InChI=1S/C9H12BrNO2S2/c10-7-1-3-14-9(7)8(11)6-2-4-15(12,13)5-6/h1,3,6,8H,2,4-5,11H2. The largest absolute Gasteiger partial charge is 0.323 e. The first-order valence-electron chi connectivity index (χ1n) is 4.68. The molecular weight excluding hydrogens is 298 g/mol. The molecular formula is C9H12BrNO2S2. The Morgan fingerprint density at radius 2 is 2.33 bits per heavy atom. The third kappa shape index (κ3) is 2.43. The summed E-state index contributed by atoms with van der Waals surface area (Å²) in [5.74, 6) is 0.595. The average molecular weight is 310 g/mol. The molecule has 2 unspecified atom stereocenters. The van der Waals surface area contributed by atoms with Gasteiger partial charge in [0.15, 0.2) is 9.84 Å². The second kappa shape index (κ2) is 4.16. The maximum absolute atomic E-state index is 11.3. The minimum Gasteiger partial charge on any atom is -0.323 e. The van der Waals surface area contributed by atoms with Crippen LogP contribution in [-0.4, -0.2) is 19.9 Å². The molecule has 6 heteroatoms. The van der Waals surface area contributed by atoms with Gasteiger partial charge in [-0.1, -0.05) is 0 Å². The normalized spacial score (nSPS) is 26.7. The zero-order valence-electron chi connectivity index (χ0n) is 8.02. The summed E-state index contributed by atoms with van der Waals surface area (Å²) < 4.78 is 23.7. The van der Waals surface area contributed by atoms with E-state index in [0.29, 0.717) is 6.42 Å². The van der Waals surface area contributed by atoms with Gasteiger partial charge < -0.3 is 5.73 Å². The van der Waals surface area contributed by atoms with Crippen LogP contribution in [0.4, 0.5) is 0 Å². The molecule has 1 aliphatic rings. The van der Waals surface area contributed by atoms with Crippen LogP contribution in [0.25, 0.3) is 0 Å². The van der Waals surface area contributed by atoms with Crippen LogP contribution in [-0.2, 0) is 9.84 Å². The van der Waals surface area contributed by atoms with Crippen molar-refractivity contribution in [1.82, 2.24) is 0 Å². The molecule has 2 heterocycles. The van der Waals surface area contributed by atoms with E-state index < -0.39 is 9.84 Å². The van der Waals surface area contributed by atoms with Crippen molar-refractivity contribution in [2.24, 2.45) is 11.7 Å². The van der Waals surface area contributed by atoms with Gasteiger partial charge in [-0.2, -0.15) is 0 Å². The summed E-state index contributed by atoms with van der Waals surface area (Å²) in [6, 6.07) is 1.79. The Hall–Kier alpha value is 0.0900. The molecule has 0 radical (unpaired) electrons. The molecule has 0 saturated carbocycles. The van der Waals surface area contributed by atoms with Gasteiger partial charge >= 0.3 is 0 Å². The van der Waals surface area contributed by atoms with Gasteiger partial charge in [-0.3, -0.25) is 0 Å². The van der Waals surface area contributed by atoms with Crippen molar-refractivity contribution >= 4 is 37.1 Å². The zero-order chi connectivity index (χ0) is 11.1. The predicted molar refractivity (Wildman–Crippen MR) is 65.7 cm³/mol. The number of halogens is 1. The molecule has 1 aliphatic heterocycles. The van der Waals surface area contributed by atoms with E-state index in [1.54, 1.807) is 11.3 Å². The van der Waals surface area contributed by atoms with E-state index in [1.807, 2.05) is 11.4 Å². The Kier molecular flexibility index (Phi) is 3.21. The predicted octanol–water partition coefficient (Wildman–Crippen LogP) is 1.95. The molecule has 2 rings (SSSR count). The molecule has 0 amide bonds. The lowest BCUT2D eigenvalue weighted by Crippen LogP contribution is -2.21. The number of nitrogens with two attached hydrogens (primary N) is 1. The maximum Gasteiger partial charge on any atom is 0.150 e. The summed E-state index contributed by atoms with van der Waals surface area (Å²) in [6.45, 7) is 0. The number of thiophene rings is 1. The minimum atomic E-state index is -2.84. The molecule has 0 bridgehead atoms. The molecule has 1 saturated heterocycles. The fourth-order valence-corrected chi connectivity index (χ4v) is 5.45. The van der Waals surface area contributed by atoms with Crippen LogP contribution in [0.3, 0.4) is 0 Å². The Bertz CT molecular complexity index is 454. The van der Waals surface area contributed by atoms with Crippen LogP contribution in [0.5, 0.6) is 0 Å². The Labute approximate surface area is 102 Å². The smallest absolute Gasteiger partial charge is 0.150 e. The summed E-state index contributed by atoms with van der Waals surface area (Å²) in [5.41, 5.74) is 6.08. The van der Waals surface area contributed by atoms with E-state index in [2.05, 4.69) is 15.9 Å². The highest BCUT2D eigenvalue weighted by Crippen LogP contribution is 2.36. The molecule has 3 nitrogen and oxygen atoms in total. The molecule has 2 atom stereocenters. The van der Waals surface area contributed by atoms with Gasteiger partial charge in [-0.15, -0.1) is 11.3 Å². The first-order chi connectivity index (χ1) is 6.99. The number of sulfone groups is 1. The summed E-state index contributed by atoms with van der Waals surface area (Å²) >= 11 is 5.00. The van der Waals surface area contributed by atoms with E-state index in [0.717, 1.165) is 9.35 Å². The van der Waals surface area contributed by atoms with E-state index >= 15 is 0 Å². The molecule has 0 aromatic carbocycles. The first kappa shape index (κ1) is 11.6. The van der Waals surface area contributed by atoms with Crippen molar-refractivity contribution in [2.45, 2.75) is 12.5 Å². The highest BCUT2D eigenvalue weighted by atomic mass is 79.9. The van der Waals surface area contributed by atoms with Crippen molar-refractivity contribution in [1.29, 1.82) is 0 Å². The van der Waals surface area contributed by atoms with Gasteiger partial charge in [0.25, 0.3) is 0 Å². The molecule has 0 spiro atoms. The quantitative estimate of drug-likeness (QED) is 0.908. The molecule has 15 heavy (non-hydrogen) atoms. The highest BCUT2D eigenvalue weighted by molar-refractivity contribution is 9.10. The fraction of sp³-hybridized carbons (Fsp3) is 0.556. The third-order valence-electron chi connectivity index (χ3n) is 2.72. The van der Waals surface area contributed by atoms with E-state index in [4.69, 9.17) is 5.73 Å². The zero-order valence-corrected chi connectivity index (χ0v) is 11.2. The van der Waals surface area contributed by atoms with Gasteiger partial charge in [0.05, 0.1) is 11.5 Å². The van der Waals surface area contributed by atoms with Gasteiger partial charge in [-0.25, -0.2) is 8.42 Å². The van der Waals surface area contributed by atoms with Crippen LogP contribution in [0, 0.1) is 5.92 Å². The van der Waals surface area contributed by atoms with E-state index in [-0.39, 0.29) is 23.5 Å². The molecule has 1 fully saturated rings. The van der Waals surface area contributed by atoms with Gasteiger partial charge in [0.2, 0.25) is 0 Å². The molecule has 84 valence electrons. The van der Waals surface area contributed by atoms with Crippen molar-refractivity contribution < 1.29 is 8.42 Å². The van der Waals surface area contributed by atoms with Gasteiger partial charge in [0, 0.05) is 15.4 Å². The van der Waals surface area contributed by atoms with Crippen LogP contribution >= 0.6 is 27.3 Å². The first-order valence-corrected chi connectivity index (χ1v) is 8.18. The van der Waals surface area contributed by atoms with Crippen molar-refractivity contribution in [3.8, 4) is 0 Å². The van der Waals surface area contributed by atoms with Gasteiger partial charge in [0.1, 0.15) is 0 Å². The lowest BCUT2D eigenvalue weighted by Gasteiger charge is -2.16.